The number of quaternary nitrogens is 1. The number of sulfonamides is 1. The van der Waals surface area contributed by atoms with Gasteiger partial charge in [0.25, 0.3) is 0 Å². The molecule has 2 aromatic rings. The first-order chi connectivity index (χ1) is 14.9. The minimum atomic E-state index is -4.95. The molecule has 0 amide bonds. The van der Waals surface area contributed by atoms with Gasteiger partial charge in [-0.1, -0.05) is 6.08 Å². The fourth-order valence-electron chi connectivity index (χ4n) is 3.47. The lowest BCUT2D eigenvalue weighted by Crippen LogP contribution is -2.58. The van der Waals surface area contributed by atoms with E-state index in [1.807, 2.05) is 0 Å². The van der Waals surface area contributed by atoms with Crippen LogP contribution in [0.2, 0.25) is 0 Å². The standard InChI is InChI=1S/C21H20F5N2O3S/c1-14-2-3-15(11-27)12-28(14,32(29,30)13-21(24,25)26)17-5-7-18(8-6-17)31-20-9-4-16(22)10-19(20)23/h2-10,12,14H,11,13,27H2,1H3/q+1. The summed E-state index contributed by atoms with van der Waals surface area (Å²) in [5.74, 6) is -3.97. The molecule has 1 heterocycles. The minimum Gasteiger partial charge on any atom is -0.454 e. The Balaban J connectivity index is 2.06. The molecular formula is C21H20F5N2O3S+. The highest BCUT2D eigenvalue weighted by Crippen LogP contribution is 2.39. The van der Waals surface area contributed by atoms with Crippen molar-refractivity contribution in [3.05, 3.63) is 78.0 Å². The van der Waals surface area contributed by atoms with Gasteiger partial charge < -0.3 is 10.5 Å². The molecule has 0 bridgehead atoms. The van der Waals surface area contributed by atoms with E-state index in [9.17, 15) is 30.4 Å². The number of benzene rings is 2. The van der Waals surface area contributed by atoms with E-state index in [1.54, 1.807) is 6.08 Å². The van der Waals surface area contributed by atoms with Gasteiger partial charge in [-0.2, -0.15) is 25.5 Å². The largest absolute Gasteiger partial charge is 0.454 e. The zero-order chi connectivity index (χ0) is 23.7. The molecule has 0 saturated heterocycles. The molecule has 0 saturated carbocycles. The van der Waals surface area contributed by atoms with Crippen molar-refractivity contribution in [3.8, 4) is 11.5 Å². The summed E-state index contributed by atoms with van der Waals surface area (Å²) in [7, 11) is -4.84. The molecule has 2 N–H and O–H groups in total. The Morgan fingerprint density at radius 1 is 1.09 bits per heavy atom. The van der Waals surface area contributed by atoms with Crippen molar-refractivity contribution in [2.24, 2.45) is 5.73 Å². The molecule has 2 atom stereocenters. The third kappa shape index (κ3) is 4.69. The van der Waals surface area contributed by atoms with Gasteiger partial charge in [-0.15, -0.1) is 0 Å². The molecule has 0 aliphatic carbocycles. The second-order valence-corrected chi connectivity index (χ2v) is 9.29. The van der Waals surface area contributed by atoms with Gasteiger partial charge in [0, 0.05) is 30.3 Å². The van der Waals surface area contributed by atoms with Crippen molar-refractivity contribution >= 4 is 15.7 Å². The number of hydrogen-bond acceptors (Lipinski definition) is 4. The normalized spacial score (nSPS) is 21.3. The summed E-state index contributed by atoms with van der Waals surface area (Å²) in [6.45, 7) is 1.41. The van der Waals surface area contributed by atoms with Crippen LogP contribution in [0, 0.1) is 11.6 Å². The topological polar surface area (TPSA) is 69.4 Å². The second kappa shape index (κ2) is 8.64. The Labute approximate surface area is 181 Å². The van der Waals surface area contributed by atoms with E-state index in [-0.39, 0.29) is 23.7 Å². The first-order valence-corrected chi connectivity index (χ1v) is 11.0. The fraction of sp³-hybridized carbons (Fsp3) is 0.238. The molecule has 11 heteroatoms. The fourth-order valence-corrected chi connectivity index (χ4v) is 5.41. The second-order valence-electron chi connectivity index (χ2n) is 7.23. The Bertz CT molecular complexity index is 1160. The number of nitrogens with zero attached hydrogens (tertiary/aromatic N) is 1. The van der Waals surface area contributed by atoms with Crippen LogP contribution in [0.25, 0.3) is 0 Å². The van der Waals surface area contributed by atoms with Gasteiger partial charge >= 0.3 is 16.2 Å². The lowest BCUT2D eigenvalue weighted by atomic mass is 10.1. The Hall–Kier alpha value is -2.76. The number of nitrogens with two attached hydrogens (primary N) is 1. The van der Waals surface area contributed by atoms with Gasteiger partial charge in [0.2, 0.25) is 0 Å². The summed E-state index contributed by atoms with van der Waals surface area (Å²) in [5, 5.41) is 0. The van der Waals surface area contributed by atoms with E-state index in [1.165, 1.54) is 43.5 Å². The van der Waals surface area contributed by atoms with E-state index in [0.717, 1.165) is 12.1 Å². The zero-order valence-electron chi connectivity index (χ0n) is 16.8. The van der Waals surface area contributed by atoms with Gasteiger partial charge in [-0.05, 0) is 37.3 Å². The van der Waals surface area contributed by atoms with E-state index >= 15 is 0 Å². The van der Waals surface area contributed by atoms with Crippen molar-refractivity contribution in [1.82, 2.24) is 3.89 Å². The third-order valence-corrected chi connectivity index (χ3v) is 7.22. The predicted octanol–water partition coefficient (Wildman–Crippen LogP) is 4.76. The van der Waals surface area contributed by atoms with Crippen LogP contribution in [-0.2, 0) is 10.0 Å². The SMILES string of the molecule is CC1C=CC(CN)=C[N+]1(c1ccc(Oc2ccc(F)cc2F)cc1)S(=O)(=O)CC(F)(F)F. The molecule has 0 fully saturated rings. The van der Waals surface area contributed by atoms with Crippen LogP contribution >= 0.6 is 0 Å². The molecule has 172 valence electrons. The lowest BCUT2D eigenvalue weighted by molar-refractivity contribution is -0.106. The number of alkyl halides is 3. The molecule has 0 spiro atoms. The van der Waals surface area contributed by atoms with Crippen LogP contribution in [0.15, 0.2) is 66.4 Å². The van der Waals surface area contributed by atoms with E-state index in [4.69, 9.17) is 10.5 Å². The first-order valence-electron chi connectivity index (χ1n) is 9.39. The number of ether oxygens (including phenoxy) is 1. The molecule has 32 heavy (non-hydrogen) atoms. The van der Waals surface area contributed by atoms with Crippen molar-refractivity contribution in [2.75, 3.05) is 12.3 Å². The van der Waals surface area contributed by atoms with Crippen molar-refractivity contribution in [3.63, 3.8) is 0 Å². The highest BCUT2D eigenvalue weighted by atomic mass is 32.2. The quantitative estimate of drug-likeness (QED) is 0.483. The molecule has 2 unspecified atom stereocenters. The lowest BCUT2D eigenvalue weighted by Gasteiger charge is -2.39. The van der Waals surface area contributed by atoms with E-state index in [0.29, 0.717) is 11.6 Å². The highest BCUT2D eigenvalue weighted by Gasteiger charge is 2.53. The summed E-state index contributed by atoms with van der Waals surface area (Å²) >= 11 is 0. The average Bonchev–Trinajstić information content (AvgIpc) is 2.69. The van der Waals surface area contributed by atoms with Gasteiger partial charge in [0.05, 0.1) is 0 Å². The molecule has 0 aromatic heterocycles. The molecule has 3 rings (SSSR count). The smallest absolute Gasteiger partial charge is 0.408 e. The first kappa shape index (κ1) is 23.9. The average molecular weight is 475 g/mol. The van der Waals surface area contributed by atoms with Crippen LogP contribution in [0.3, 0.4) is 0 Å². The molecule has 1 aliphatic rings. The zero-order valence-corrected chi connectivity index (χ0v) is 17.6. The van der Waals surface area contributed by atoms with Crippen LogP contribution in [0.4, 0.5) is 27.6 Å². The van der Waals surface area contributed by atoms with Crippen molar-refractivity contribution in [2.45, 2.75) is 19.1 Å². The van der Waals surface area contributed by atoms with Gasteiger partial charge in [0.15, 0.2) is 23.0 Å². The molecule has 2 aromatic carbocycles. The minimum absolute atomic E-state index is 0.0176. The van der Waals surface area contributed by atoms with Crippen LogP contribution in [0.5, 0.6) is 11.5 Å². The van der Waals surface area contributed by atoms with Gasteiger partial charge in [-0.3, -0.25) is 0 Å². The van der Waals surface area contributed by atoms with Crippen molar-refractivity contribution in [1.29, 1.82) is 0 Å². The monoisotopic (exact) mass is 475 g/mol. The predicted molar refractivity (Wildman–Crippen MR) is 110 cm³/mol. The highest BCUT2D eigenvalue weighted by molar-refractivity contribution is 7.91. The molecule has 1 aliphatic heterocycles. The van der Waals surface area contributed by atoms with E-state index < -0.39 is 43.5 Å². The maximum atomic E-state index is 13.8. The van der Waals surface area contributed by atoms with Gasteiger partial charge in [0.1, 0.15) is 23.8 Å². The van der Waals surface area contributed by atoms with Crippen molar-refractivity contribution < 1.29 is 35.1 Å². The van der Waals surface area contributed by atoms with Crippen LogP contribution in [-0.4, -0.2) is 32.9 Å². The van der Waals surface area contributed by atoms with Crippen LogP contribution < -0.4 is 14.4 Å². The summed E-state index contributed by atoms with van der Waals surface area (Å²) in [4.78, 5) is 0. The Morgan fingerprint density at radius 2 is 1.75 bits per heavy atom. The number of rotatable bonds is 6. The Kier molecular flexibility index (Phi) is 6.45. The van der Waals surface area contributed by atoms with Gasteiger partial charge in [-0.25, -0.2) is 8.78 Å². The molecular weight excluding hydrogens is 455 g/mol. The van der Waals surface area contributed by atoms with E-state index in [2.05, 4.69) is 0 Å². The number of halogens is 5. The Morgan fingerprint density at radius 3 is 2.31 bits per heavy atom. The summed E-state index contributed by atoms with van der Waals surface area (Å²) in [6.07, 6.45) is -0.709. The summed E-state index contributed by atoms with van der Waals surface area (Å²) in [5.41, 5.74) is 5.99. The maximum absolute atomic E-state index is 13.8. The third-order valence-electron chi connectivity index (χ3n) is 4.96. The number of hydrogen-bond donors (Lipinski definition) is 1. The molecule has 5 nitrogen and oxygen atoms in total. The van der Waals surface area contributed by atoms with Crippen LogP contribution in [0.1, 0.15) is 6.92 Å². The summed E-state index contributed by atoms with van der Waals surface area (Å²) < 4.78 is 96.7. The molecule has 0 radical (unpaired) electrons. The maximum Gasteiger partial charge on any atom is 0.408 e. The summed E-state index contributed by atoms with van der Waals surface area (Å²) in [6, 6.07) is 6.97.